The van der Waals surface area contributed by atoms with Gasteiger partial charge < -0.3 is 5.32 Å². The molecule has 6 rings (SSSR count). The number of hydrogen-bond donors (Lipinski definition) is 1. The Balaban J connectivity index is 1.37. The second kappa shape index (κ2) is 10.2. The number of carbonyl (C=O) groups is 3. The molecule has 2 aromatic heterocycles. The summed E-state index contributed by atoms with van der Waals surface area (Å²) in [6, 6.07) is 16.3. The quantitative estimate of drug-likeness (QED) is 0.196. The molecule has 10 nitrogen and oxygen atoms in total. The van der Waals surface area contributed by atoms with Crippen molar-refractivity contribution in [3.05, 3.63) is 101 Å². The zero-order chi connectivity index (χ0) is 28.1. The van der Waals surface area contributed by atoms with Gasteiger partial charge in [-0.05, 0) is 42.1 Å². The fourth-order valence-corrected chi connectivity index (χ4v) is 8.78. The molecular formula is C27H20N4O6S3. The molecule has 1 saturated heterocycles. The zero-order valence-electron chi connectivity index (χ0n) is 20.8. The van der Waals surface area contributed by atoms with Crippen molar-refractivity contribution in [3.63, 3.8) is 0 Å². The fourth-order valence-electron chi connectivity index (χ4n) is 5.05. The van der Waals surface area contributed by atoms with E-state index in [1.807, 2.05) is 42.6 Å². The number of fused-ring (bicyclic) bond motifs is 2. The standard InChI is InChI=1S/C27H20N4O6S3/c1-14-5-2-3-6-17(14)28-19(32)13-29-26-23(40-27(29)35)20(18-7-4-12-38-18)21-22(39-26)25(34)30(24(21)33)15-8-10-16(11-9-15)31(36)37/h2-12,20-22H,13H2,1H3,(H,28,32)/t20-,21-,22+/m0/s1. The Morgan fingerprint density at radius 2 is 1.77 bits per heavy atom. The van der Waals surface area contributed by atoms with Gasteiger partial charge in [-0.1, -0.05) is 47.4 Å². The van der Waals surface area contributed by atoms with Crippen molar-refractivity contribution in [2.24, 2.45) is 5.92 Å². The van der Waals surface area contributed by atoms with Gasteiger partial charge in [0.15, 0.2) is 0 Å². The lowest BCUT2D eigenvalue weighted by molar-refractivity contribution is -0.384. The highest BCUT2D eigenvalue weighted by Gasteiger charge is 2.57. The number of rotatable bonds is 6. The number of thiophene rings is 1. The molecule has 13 heteroatoms. The maximum atomic E-state index is 13.8. The van der Waals surface area contributed by atoms with E-state index in [9.17, 15) is 29.3 Å². The topological polar surface area (TPSA) is 132 Å². The predicted molar refractivity (Wildman–Crippen MR) is 153 cm³/mol. The first-order chi connectivity index (χ1) is 19.2. The first kappa shape index (κ1) is 26.2. The third-order valence-corrected chi connectivity index (χ3v) is 10.5. The molecule has 2 aliphatic heterocycles. The number of aromatic nitrogens is 1. The van der Waals surface area contributed by atoms with Crippen molar-refractivity contribution in [2.75, 3.05) is 10.2 Å². The molecule has 2 aliphatic rings. The van der Waals surface area contributed by atoms with Crippen LogP contribution in [0.4, 0.5) is 17.1 Å². The third kappa shape index (κ3) is 4.35. The van der Waals surface area contributed by atoms with Gasteiger partial charge in [0.2, 0.25) is 17.7 Å². The lowest BCUT2D eigenvalue weighted by Gasteiger charge is -2.29. The molecule has 1 fully saturated rings. The monoisotopic (exact) mass is 592 g/mol. The summed E-state index contributed by atoms with van der Waals surface area (Å²) < 4.78 is 1.38. The second-order valence-electron chi connectivity index (χ2n) is 9.33. The Kier molecular flexibility index (Phi) is 6.64. The van der Waals surface area contributed by atoms with Crippen LogP contribution in [0.5, 0.6) is 0 Å². The van der Waals surface area contributed by atoms with E-state index in [1.54, 1.807) is 6.07 Å². The summed E-state index contributed by atoms with van der Waals surface area (Å²) in [7, 11) is 0. The molecule has 202 valence electrons. The normalized spacial score (nSPS) is 19.8. The number of thioether (sulfide) groups is 1. The average Bonchev–Trinajstić information content (AvgIpc) is 3.63. The largest absolute Gasteiger partial charge is 0.324 e. The lowest BCUT2D eigenvalue weighted by Crippen LogP contribution is -2.32. The summed E-state index contributed by atoms with van der Waals surface area (Å²) in [5.74, 6) is -2.58. The molecule has 2 aromatic carbocycles. The minimum Gasteiger partial charge on any atom is -0.324 e. The van der Waals surface area contributed by atoms with Crippen LogP contribution in [0.25, 0.3) is 0 Å². The molecule has 3 amide bonds. The summed E-state index contributed by atoms with van der Waals surface area (Å²) in [6.07, 6.45) is 0. The number of hydrogen-bond acceptors (Lipinski definition) is 9. The van der Waals surface area contributed by atoms with Gasteiger partial charge in [-0.3, -0.25) is 33.9 Å². The van der Waals surface area contributed by atoms with Crippen LogP contribution in [0.15, 0.2) is 75.9 Å². The number of anilines is 2. The number of nitro groups is 1. The van der Waals surface area contributed by atoms with Crippen LogP contribution in [-0.4, -0.2) is 32.5 Å². The van der Waals surface area contributed by atoms with E-state index in [4.69, 9.17) is 0 Å². The molecular weight excluding hydrogens is 573 g/mol. The van der Waals surface area contributed by atoms with E-state index in [-0.39, 0.29) is 28.7 Å². The number of carbonyl (C=O) groups excluding carboxylic acids is 3. The van der Waals surface area contributed by atoms with E-state index in [1.165, 1.54) is 40.2 Å². The van der Waals surface area contributed by atoms with Crippen LogP contribution in [0, 0.1) is 23.0 Å². The lowest BCUT2D eigenvalue weighted by atomic mass is 9.87. The molecule has 4 aromatic rings. The molecule has 0 aliphatic carbocycles. The number of imide groups is 1. The molecule has 40 heavy (non-hydrogen) atoms. The predicted octanol–water partition coefficient (Wildman–Crippen LogP) is 4.62. The minimum atomic E-state index is -0.832. The first-order valence-electron chi connectivity index (χ1n) is 12.2. The number of aryl methyl sites for hydroxylation is 1. The zero-order valence-corrected chi connectivity index (χ0v) is 23.3. The minimum absolute atomic E-state index is 0.152. The Morgan fingerprint density at radius 3 is 2.45 bits per heavy atom. The van der Waals surface area contributed by atoms with E-state index in [0.29, 0.717) is 15.6 Å². The number of non-ortho nitro benzene ring substituents is 1. The SMILES string of the molecule is Cc1ccccc1NC(=O)Cn1c2c(sc1=O)[C@@H](c1cccs1)[C@@H]1C(=O)N(c3ccc([N+](=O)[O-])cc3)C(=O)[C@@H]1S2. The highest BCUT2D eigenvalue weighted by Crippen LogP contribution is 2.54. The van der Waals surface area contributed by atoms with Gasteiger partial charge in [0, 0.05) is 33.5 Å². The van der Waals surface area contributed by atoms with E-state index in [0.717, 1.165) is 38.4 Å². The Morgan fingerprint density at radius 1 is 1.02 bits per heavy atom. The number of nitrogens with zero attached hydrogens (tertiary/aromatic N) is 3. The number of benzene rings is 2. The van der Waals surface area contributed by atoms with Gasteiger partial charge >= 0.3 is 4.87 Å². The van der Waals surface area contributed by atoms with Crippen molar-refractivity contribution in [1.29, 1.82) is 0 Å². The Labute approximate surface area is 239 Å². The Hall–Kier alpha value is -4.07. The van der Waals surface area contributed by atoms with Gasteiger partial charge in [0.1, 0.15) is 11.8 Å². The summed E-state index contributed by atoms with van der Waals surface area (Å²) in [6.45, 7) is 1.63. The van der Waals surface area contributed by atoms with Crippen LogP contribution >= 0.6 is 34.4 Å². The first-order valence-corrected chi connectivity index (χ1v) is 14.7. The number of para-hydroxylation sites is 1. The van der Waals surface area contributed by atoms with Crippen LogP contribution < -0.4 is 15.1 Å². The molecule has 0 saturated carbocycles. The molecule has 0 bridgehead atoms. The maximum Gasteiger partial charge on any atom is 0.308 e. The Bertz CT molecular complexity index is 1730. The molecule has 0 unspecified atom stereocenters. The summed E-state index contributed by atoms with van der Waals surface area (Å²) in [4.78, 5) is 66.4. The van der Waals surface area contributed by atoms with Crippen molar-refractivity contribution < 1.29 is 19.3 Å². The number of thiazole rings is 1. The molecule has 4 heterocycles. The van der Waals surface area contributed by atoms with Crippen LogP contribution in [0.3, 0.4) is 0 Å². The summed E-state index contributed by atoms with van der Waals surface area (Å²) >= 11 is 3.54. The fraction of sp³-hybridized carbons (Fsp3) is 0.185. The van der Waals surface area contributed by atoms with Crippen LogP contribution in [0.1, 0.15) is 21.2 Å². The van der Waals surface area contributed by atoms with Gasteiger partial charge in [-0.15, -0.1) is 11.3 Å². The smallest absolute Gasteiger partial charge is 0.308 e. The number of amides is 3. The van der Waals surface area contributed by atoms with Gasteiger partial charge in [0.05, 0.1) is 21.6 Å². The van der Waals surface area contributed by atoms with Crippen molar-refractivity contribution in [3.8, 4) is 0 Å². The molecule has 0 radical (unpaired) electrons. The van der Waals surface area contributed by atoms with Crippen molar-refractivity contribution in [2.45, 2.75) is 29.7 Å². The second-order valence-corrected chi connectivity index (χ2v) is 12.4. The van der Waals surface area contributed by atoms with Gasteiger partial charge in [0.25, 0.3) is 5.69 Å². The molecule has 0 spiro atoms. The van der Waals surface area contributed by atoms with Crippen LogP contribution in [0.2, 0.25) is 0 Å². The van der Waals surface area contributed by atoms with E-state index < -0.39 is 33.8 Å². The van der Waals surface area contributed by atoms with Gasteiger partial charge in [-0.2, -0.15) is 0 Å². The molecule has 1 N–H and O–H groups in total. The highest BCUT2D eigenvalue weighted by atomic mass is 32.2. The summed E-state index contributed by atoms with van der Waals surface area (Å²) in [5, 5.41) is 15.5. The van der Waals surface area contributed by atoms with Crippen LogP contribution in [-0.2, 0) is 20.9 Å². The van der Waals surface area contributed by atoms with Gasteiger partial charge in [-0.25, -0.2) is 4.90 Å². The summed E-state index contributed by atoms with van der Waals surface area (Å²) in [5.41, 5.74) is 1.62. The maximum absolute atomic E-state index is 13.8. The highest BCUT2D eigenvalue weighted by molar-refractivity contribution is 8.00. The average molecular weight is 593 g/mol. The number of nitrogens with one attached hydrogen (secondary N) is 1. The number of nitro benzene ring substituents is 1. The van der Waals surface area contributed by atoms with Crippen molar-refractivity contribution >= 4 is 69.2 Å². The molecule has 3 atom stereocenters. The van der Waals surface area contributed by atoms with Crippen molar-refractivity contribution in [1.82, 2.24) is 4.57 Å². The van der Waals surface area contributed by atoms with E-state index in [2.05, 4.69) is 5.32 Å². The third-order valence-electron chi connectivity index (χ3n) is 6.94. The van der Waals surface area contributed by atoms with E-state index >= 15 is 0 Å².